The number of carbonyl (C=O) groups is 2. The van der Waals surface area contributed by atoms with Crippen LogP contribution in [0.1, 0.15) is 5.56 Å². The van der Waals surface area contributed by atoms with Gasteiger partial charge >= 0.3 is 0 Å². The Morgan fingerprint density at radius 3 is 2.65 bits per heavy atom. The van der Waals surface area contributed by atoms with E-state index in [2.05, 4.69) is 15.5 Å². The molecule has 0 aliphatic carbocycles. The van der Waals surface area contributed by atoms with Gasteiger partial charge in [0.05, 0.1) is 12.2 Å². The highest BCUT2D eigenvalue weighted by atomic mass is 32.1. The number of halogens is 3. The third kappa shape index (κ3) is 5.00. The number of nitrogens with zero attached hydrogens (tertiary/aromatic N) is 3. The molecule has 0 atom stereocenters. The van der Waals surface area contributed by atoms with E-state index < -0.39 is 41.5 Å². The van der Waals surface area contributed by atoms with Crippen molar-refractivity contribution in [3.8, 4) is 11.4 Å². The molecule has 0 fully saturated rings. The predicted octanol–water partition coefficient (Wildman–Crippen LogP) is 3.43. The van der Waals surface area contributed by atoms with Crippen molar-refractivity contribution in [1.82, 2.24) is 19.7 Å². The normalized spacial score (nSPS) is 10.7. The van der Waals surface area contributed by atoms with Gasteiger partial charge < -0.3 is 10.2 Å². The number of amides is 2. The first kappa shape index (κ1) is 22.2. The zero-order valence-corrected chi connectivity index (χ0v) is 17.4. The summed E-state index contributed by atoms with van der Waals surface area (Å²) < 4.78 is 41.7. The van der Waals surface area contributed by atoms with Gasteiger partial charge in [-0.1, -0.05) is 23.8 Å². The molecule has 1 heterocycles. The highest BCUT2D eigenvalue weighted by Gasteiger charge is 2.19. The number of nitrogens with one attached hydrogen (secondary N) is 2. The third-order valence-electron chi connectivity index (χ3n) is 4.44. The lowest BCUT2D eigenvalue weighted by Gasteiger charge is -2.18. The minimum atomic E-state index is -1.69. The molecule has 0 saturated carbocycles. The summed E-state index contributed by atoms with van der Waals surface area (Å²) >= 11 is 5.21. The number of aryl methyl sites for hydroxylation is 1. The fourth-order valence-corrected chi connectivity index (χ4v) is 3.04. The minimum absolute atomic E-state index is 0.193. The number of hydrogen-bond acceptors (Lipinski definition) is 4. The second-order valence-electron chi connectivity index (χ2n) is 6.83. The van der Waals surface area contributed by atoms with Crippen LogP contribution in [0.3, 0.4) is 0 Å². The Bertz CT molecular complexity index is 1210. The van der Waals surface area contributed by atoms with Crippen LogP contribution in [0.15, 0.2) is 36.4 Å². The topological polar surface area (TPSA) is 83.0 Å². The van der Waals surface area contributed by atoms with Crippen LogP contribution in [-0.2, 0) is 16.1 Å². The molecule has 0 bridgehead atoms. The molecule has 31 heavy (non-hydrogen) atoms. The van der Waals surface area contributed by atoms with Gasteiger partial charge in [-0.3, -0.25) is 19.3 Å². The molecule has 3 rings (SSSR count). The zero-order valence-electron chi connectivity index (χ0n) is 16.6. The maximum atomic E-state index is 13.7. The molecular weight excluding hydrogens is 431 g/mol. The second kappa shape index (κ2) is 9.13. The SMILES string of the molecule is Cc1cccc(-c2n[nH]c(=S)n2CC(=O)N(C)CC(=O)Nc2ccc(F)c(F)c2F)c1. The van der Waals surface area contributed by atoms with Crippen LogP contribution in [0.5, 0.6) is 0 Å². The van der Waals surface area contributed by atoms with E-state index in [1.807, 2.05) is 31.2 Å². The van der Waals surface area contributed by atoms with Crippen molar-refractivity contribution in [1.29, 1.82) is 0 Å². The molecule has 7 nitrogen and oxygen atoms in total. The highest BCUT2D eigenvalue weighted by Crippen LogP contribution is 2.20. The number of benzene rings is 2. The standard InChI is InChI=1S/C20H18F3N5O2S/c1-11-4-3-5-12(8-11)19-25-26-20(31)28(19)10-16(30)27(2)9-15(29)24-14-7-6-13(21)17(22)18(14)23/h3-8H,9-10H2,1-2H3,(H,24,29)(H,26,31). The third-order valence-corrected chi connectivity index (χ3v) is 4.76. The fourth-order valence-electron chi connectivity index (χ4n) is 2.84. The van der Waals surface area contributed by atoms with Crippen molar-refractivity contribution in [2.45, 2.75) is 13.5 Å². The summed E-state index contributed by atoms with van der Waals surface area (Å²) in [5, 5.41) is 8.93. The number of aromatic nitrogens is 3. The van der Waals surface area contributed by atoms with Crippen molar-refractivity contribution in [2.24, 2.45) is 0 Å². The first-order valence-electron chi connectivity index (χ1n) is 9.07. The molecule has 0 radical (unpaired) electrons. The molecule has 162 valence electrons. The van der Waals surface area contributed by atoms with Gasteiger partial charge in [-0.25, -0.2) is 13.2 Å². The van der Waals surface area contributed by atoms with Gasteiger partial charge in [0, 0.05) is 12.6 Å². The van der Waals surface area contributed by atoms with Crippen LogP contribution in [0.4, 0.5) is 18.9 Å². The lowest BCUT2D eigenvalue weighted by molar-refractivity contribution is -0.133. The molecule has 3 aromatic rings. The number of H-pyrrole nitrogens is 1. The summed E-state index contributed by atoms with van der Waals surface area (Å²) in [5.74, 6) is -5.37. The van der Waals surface area contributed by atoms with Gasteiger partial charge in [-0.05, 0) is 37.3 Å². The minimum Gasteiger partial charge on any atom is -0.335 e. The Morgan fingerprint density at radius 1 is 1.19 bits per heavy atom. The quantitative estimate of drug-likeness (QED) is 0.446. The Labute approximate surface area is 180 Å². The second-order valence-corrected chi connectivity index (χ2v) is 7.22. The molecule has 2 aromatic carbocycles. The first-order chi connectivity index (χ1) is 14.7. The van der Waals surface area contributed by atoms with Crippen LogP contribution < -0.4 is 5.32 Å². The maximum Gasteiger partial charge on any atom is 0.244 e. The lowest BCUT2D eigenvalue weighted by Crippen LogP contribution is -2.37. The molecule has 0 aliphatic rings. The summed E-state index contributed by atoms with van der Waals surface area (Å²) in [7, 11) is 1.37. The number of rotatable bonds is 6. The number of anilines is 1. The predicted molar refractivity (Wildman–Crippen MR) is 110 cm³/mol. The van der Waals surface area contributed by atoms with Gasteiger partial charge in [0.1, 0.15) is 6.54 Å². The number of aromatic amines is 1. The van der Waals surface area contributed by atoms with Crippen molar-refractivity contribution >= 4 is 29.7 Å². The largest absolute Gasteiger partial charge is 0.335 e. The number of likely N-dealkylation sites (N-methyl/N-ethyl adjacent to an activating group) is 1. The summed E-state index contributed by atoms with van der Waals surface area (Å²) in [6.45, 7) is 1.28. The zero-order chi connectivity index (χ0) is 22.7. The van der Waals surface area contributed by atoms with Gasteiger partial charge in [-0.15, -0.1) is 0 Å². The van der Waals surface area contributed by atoms with E-state index in [1.165, 1.54) is 11.6 Å². The highest BCUT2D eigenvalue weighted by molar-refractivity contribution is 7.71. The average Bonchev–Trinajstić information content (AvgIpc) is 3.08. The van der Waals surface area contributed by atoms with E-state index in [-0.39, 0.29) is 11.3 Å². The molecule has 0 saturated heterocycles. The van der Waals surface area contributed by atoms with Crippen LogP contribution in [-0.4, -0.2) is 45.1 Å². The molecule has 0 unspecified atom stereocenters. The lowest BCUT2D eigenvalue weighted by atomic mass is 10.1. The van der Waals surface area contributed by atoms with Gasteiger partial charge in [-0.2, -0.15) is 5.10 Å². The molecule has 0 aliphatic heterocycles. The van der Waals surface area contributed by atoms with Crippen LogP contribution in [0, 0.1) is 29.1 Å². The van der Waals surface area contributed by atoms with E-state index in [4.69, 9.17) is 12.2 Å². The molecule has 11 heteroatoms. The molecule has 0 spiro atoms. The van der Waals surface area contributed by atoms with Crippen LogP contribution in [0.2, 0.25) is 0 Å². The molecule has 2 N–H and O–H groups in total. The Kier molecular flexibility index (Phi) is 6.54. The van der Waals surface area contributed by atoms with E-state index in [0.29, 0.717) is 11.9 Å². The van der Waals surface area contributed by atoms with Crippen molar-refractivity contribution in [2.75, 3.05) is 18.9 Å². The van der Waals surface area contributed by atoms with E-state index >= 15 is 0 Å². The number of carbonyl (C=O) groups excluding carboxylic acids is 2. The van der Waals surface area contributed by atoms with Crippen LogP contribution in [0.25, 0.3) is 11.4 Å². The van der Waals surface area contributed by atoms with E-state index in [9.17, 15) is 22.8 Å². The fraction of sp³-hybridized carbons (Fsp3) is 0.200. The maximum absolute atomic E-state index is 13.7. The van der Waals surface area contributed by atoms with E-state index in [1.54, 1.807) is 0 Å². The Hall–Kier alpha value is -3.47. The van der Waals surface area contributed by atoms with Gasteiger partial charge in [0.25, 0.3) is 0 Å². The van der Waals surface area contributed by atoms with Crippen molar-refractivity contribution in [3.63, 3.8) is 0 Å². The summed E-state index contributed by atoms with van der Waals surface area (Å²) in [6, 6.07) is 9.07. The van der Waals surface area contributed by atoms with E-state index in [0.717, 1.165) is 22.1 Å². The first-order valence-corrected chi connectivity index (χ1v) is 9.47. The van der Waals surface area contributed by atoms with Crippen LogP contribution >= 0.6 is 12.2 Å². The number of hydrogen-bond donors (Lipinski definition) is 2. The monoisotopic (exact) mass is 449 g/mol. The summed E-state index contributed by atoms with van der Waals surface area (Å²) in [6.07, 6.45) is 0. The molecule has 2 amide bonds. The molecule has 1 aromatic heterocycles. The smallest absolute Gasteiger partial charge is 0.244 e. The summed E-state index contributed by atoms with van der Waals surface area (Å²) in [5.41, 5.74) is 1.24. The van der Waals surface area contributed by atoms with Gasteiger partial charge in [0.15, 0.2) is 28.0 Å². The average molecular weight is 449 g/mol. The van der Waals surface area contributed by atoms with Crippen molar-refractivity contribution in [3.05, 3.63) is 64.2 Å². The summed E-state index contributed by atoms with van der Waals surface area (Å²) in [4.78, 5) is 25.9. The van der Waals surface area contributed by atoms with Gasteiger partial charge in [0.2, 0.25) is 11.8 Å². The van der Waals surface area contributed by atoms with Crippen molar-refractivity contribution < 1.29 is 22.8 Å². The Morgan fingerprint density at radius 2 is 1.94 bits per heavy atom. The molecular formula is C20H18F3N5O2S. The Balaban J connectivity index is 1.69.